The number of thiazole rings is 1. The maximum Gasteiger partial charge on any atom is 0.416 e. The van der Waals surface area contributed by atoms with Gasteiger partial charge in [0.2, 0.25) is 0 Å². The lowest BCUT2D eigenvalue weighted by Crippen LogP contribution is -2.36. The van der Waals surface area contributed by atoms with E-state index in [1.807, 2.05) is 11.9 Å². The molecule has 1 aliphatic heterocycles. The summed E-state index contributed by atoms with van der Waals surface area (Å²) < 4.78 is 42.8. The first kappa shape index (κ1) is 24.4. The van der Waals surface area contributed by atoms with Crippen LogP contribution in [0.1, 0.15) is 34.3 Å². The molecule has 3 heterocycles. The topological polar surface area (TPSA) is 97.4 Å². The molecule has 0 bridgehead atoms. The van der Waals surface area contributed by atoms with Gasteiger partial charge in [-0.2, -0.15) is 23.0 Å². The van der Waals surface area contributed by atoms with Crippen molar-refractivity contribution < 1.29 is 22.8 Å². The Balaban J connectivity index is 1.23. The summed E-state index contributed by atoms with van der Waals surface area (Å²) in [5, 5.41) is 6.24. The number of halogens is 3. The Morgan fingerprint density at radius 1 is 1.22 bits per heavy atom. The van der Waals surface area contributed by atoms with E-state index in [9.17, 15) is 22.8 Å². The minimum absolute atomic E-state index is 0.128. The highest BCUT2D eigenvalue weighted by Gasteiger charge is 2.44. The summed E-state index contributed by atoms with van der Waals surface area (Å²) in [6.45, 7) is 1.29. The first-order valence-corrected chi connectivity index (χ1v) is 12.4. The van der Waals surface area contributed by atoms with Crippen LogP contribution < -0.4 is 5.73 Å². The lowest BCUT2D eigenvalue weighted by Gasteiger charge is -2.27. The molecule has 1 aliphatic carbocycles. The van der Waals surface area contributed by atoms with Crippen molar-refractivity contribution in [1.29, 1.82) is 0 Å². The predicted molar refractivity (Wildman–Crippen MR) is 127 cm³/mol. The van der Waals surface area contributed by atoms with Gasteiger partial charge in [0, 0.05) is 49.0 Å². The quantitative estimate of drug-likeness (QED) is 0.552. The highest BCUT2D eigenvalue weighted by molar-refractivity contribution is 7.13. The van der Waals surface area contributed by atoms with E-state index in [0.717, 1.165) is 17.5 Å². The molecule has 0 spiro atoms. The Labute approximate surface area is 209 Å². The molecule has 2 fully saturated rings. The van der Waals surface area contributed by atoms with Crippen LogP contribution in [0.2, 0.25) is 0 Å². The summed E-state index contributed by atoms with van der Waals surface area (Å²) >= 11 is 1.31. The van der Waals surface area contributed by atoms with E-state index in [1.54, 1.807) is 28.6 Å². The molecule has 1 aromatic carbocycles. The molecule has 36 heavy (non-hydrogen) atoms. The molecule has 12 heteroatoms. The Morgan fingerprint density at radius 3 is 2.53 bits per heavy atom. The number of amides is 2. The highest BCUT2D eigenvalue weighted by atomic mass is 32.1. The van der Waals surface area contributed by atoms with E-state index >= 15 is 0 Å². The monoisotopic (exact) mass is 518 g/mol. The standard InChI is InChI=1S/C24H25F3N6O2S/c1-31(10-15-3-2-14(22-29-4-5-36-22)8-20(15)24(25,26)27)19-6-16-11-32(12-17(16)7-19)23(35)33-13-18(9-30-33)21(28)34/h2-5,8-9,13,16-17,19H,6-7,10-12H2,1H3,(H2,28,34)/t16-,17+,19?. The van der Waals surface area contributed by atoms with Crippen molar-refractivity contribution in [3.63, 3.8) is 0 Å². The van der Waals surface area contributed by atoms with Crippen LogP contribution in [0.3, 0.4) is 0 Å². The van der Waals surface area contributed by atoms with Gasteiger partial charge >= 0.3 is 12.2 Å². The fourth-order valence-corrected chi connectivity index (χ4v) is 5.99. The fourth-order valence-electron chi connectivity index (χ4n) is 5.36. The van der Waals surface area contributed by atoms with Crippen molar-refractivity contribution in [2.75, 3.05) is 20.1 Å². The van der Waals surface area contributed by atoms with Crippen LogP contribution in [0.5, 0.6) is 0 Å². The average Bonchev–Trinajstić information content (AvgIpc) is 3.62. The lowest BCUT2D eigenvalue weighted by atomic mass is 10.0. The van der Waals surface area contributed by atoms with E-state index in [4.69, 9.17) is 5.73 Å². The predicted octanol–water partition coefficient (Wildman–Crippen LogP) is 3.93. The molecule has 8 nitrogen and oxygen atoms in total. The minimum Gasteiger partial charge on any atom is -0.366 e. The number of likely N-dealkylation sites (tertiary alicyclic amines) is 1. The molecule has 5 rings (SSSR count). The number of rotatable bonds is 5. The van der Waals surface area contributed by atoms with Gasteiger partial charge in [-0.1, -0.05) is 12.1 Å². The number of carbonyl (C=O) groups excluding carboxylic acids is 2. The molecule has 1 saturated carbocycles. The summed E-state index contributed by atoms with van der Waals surface area (Å²) in [6.07, 6.45) is 1.31. The first-order valence-electron chi connectivity index (χ1n) is 11.5. The van der Waals surface area contributed by atoms with Gasteiger partial charge in [0.15, 0.2) is 0 Å². The molecule has 3 aromatic rings. The number of nitrogens with zero attached hydrogens (tertiary/aromatic N) is 5. The van der Waals surface area contributed by atoms with Gasteiger partial charge < -0.3 is 10.6 Å². The van der Waals surface area contributed by atoms with Crippen molar-refractivity contribution in [2.45, 2.75) is 31.6 Å². The van der Waals surface area contributed by atoms with Gasteiger partial charge in [0.25, 0.3) is 5.91 Å². The second-order valence-corrected chi connectivity index (χ2v) is 10.4. The molecule has 2 aromatic heterocycles. The molecule has 190 valence electrons. The van der Waals surface area contributed by atoms with Gasteiger partial charge in [-0.25, -0.2) is 9.78 Å². The number of carbonyl (C=O) groups is 2. The highest BCUT2D eigenvalue weighted by Crippen LogP contribution is 2.41. The Hall–Kier alpha value is -3.25. The number of hydrogen-bond acceptors (Lipinski definition) is 6. The lowest BCUT2D eigenvalue weighted by molar-refractivity contribution is -0.138. The molecule has 0 radical (unpaired) electrons. The summed E-state index contributed by atoms with van der Waals surface area (Å²) in [7, 11) is 1.86. The third kappa shape index (κ3) is 4.74. The van der Waals surface area contributed by atoms with Gasteiger partial charge in [-0.05, 0) is 43.4 Å². The maximum absolute atomic E-state index is 13.9. The van der Waals surface area contributed by atoms with Crippen LogP contribution in [0, 0.1) is 11.8 Å². The zero-order chi connectivity index (χ0) is 25.6. The number of aromatic nitrogens is 3. The second-order valence-electron chi connectivity index (χ2n) is 9.49. The zero-order valence-electron chi connectivity index (χ0n) is 19.5. The second kappa shape index (κ2) is 9.32. The molecule has 2 aliphatic rings. The summed E-state index contributed by atoms with van der Waals surface area (Å²) in [4.78, 5) is 31.9. The molecular weight excluding hydrogens is 493 g/mol. The average molecular weight is 519 g/mol. The van der Waals surface area contributed by atoms with Crippen LogP contribution in [0.15, 0.2) is 42.2 Å². The number of alkyl halides is 3. The Morgan fingerprint density at radius 2 is 1.94 bits per heavy atom. The number of fused-ring (bicyclic) bond motifs is 1. The number of primary amides is 1. The normalized spacial score (nSPS) is 21.8. The van der Waals surface area contributed by atoms with Gasteiger partial charge in [-0.15, -0.1) is 11.3 Å². The number of nitrogens with two attached hydrogens (primary N) is 1. The molecule has 3 atom stereocenters. The Bertz CT molecular complexity index is 1260. The molecule has 1 saturated heterocycles. The van der Waals surface area contributed by atoms with Crippen LogP contribution >= 0.6 is 11.3 Å². The van der Waals surface area contributed by atoms with Crippen molar-refractivity contribution in [2.24, 2.45) is 17.6 Å². The smallest absolute Gasteiger partial charge is 0.366 e. The summed E-state index contributed by atoms with van der Waals surface area (Å²) in [5.74, 6) is -0.117. The molecule has 1 unspecified atom stereocenters. The van der Waals surface area contributed by atoms with Gasteiger partial charge in [0.1, 0.15) is 5.01 Å². The van der Waals surface area contributed by atoms with Crippen molar-refractivity contribution in [3.05, 3.63) is 58.9 Å². The number of hydrogen-bond donors (Lipinski definition) is 1. The van der Waals surface area contributed by atoms with Crippen molar-refractivity contribution in [3.8, 4) is 10.6 Å². The summed E-state index contributed by atoms with van der Waals surface area (Å²) in [6, 6.07) is 4.26. The Kier molecular flexibility index (Phi) is 6.33. The van der Waals surface area contributed by atoms with E-state index in [-0.39, 0.29) is 41.6 Å². The van der Waals surface area contributed by atoms with Gasteiger partial charge in [-0.3, -0.25) is 9.69 Å². The SMILES string of the molecule is CN(Cc1ccc(-c2nccs2)cc1C(F)(F)F)C1C[C@@H]2CN(C(=O)n3cc(C(N)=O)cn3)C[C@@H]2C1. The zero-order valence-corrected chi connectivity index (χ0v) is 20.3. The third-order valence-corrected chi connectivity index (χ3v) is 8.02. The summed E-state index contributed by atoms with van der Waals surface area (Å²) in [5.41, 5.74) is 5.47. The van der Waals surface area contributed by atoms with E-state index in [0.29, 0.717) is 23.7 Å². The van der Waals surface area contributed by atoms with E-state index in [1.165, 1.54) is 29.8 Å². The minimum atomic E-state index is -4.46. The van der Waals surface area contributed by atoms with Crippen molar-refractivity contribution >= 4 is 23.3 Å². The van der Waals surface area contributed by atoms with Crippen LogP contribution in [-0.4, -0.2) is 62.7 Å². The largest absolute Gasteiger partial charge is 0.416 e. The van der Waals surface area contributed by atoms with E-state index < -0.39 is 17.6 Å². The third-order valence-electron chi connectivity index (χ3n) is 7.20. The maximum atomic E-state index is 13.9. The van der Waals surface area contributed by atoms with Gasteiger partial charge in [0.05, 0.1) is 17.3 Å². The van der Waals surface area contributed by atoms with Crippen LogP contribution in [0.4, 0.5) is 18.0 Å². The van der Waals surface area contributed by atoms with Crippen molar-refractivity contribution in [1.82, 2.24) is 24.6 Å². The van der Waals surface area contributed by atoms with E-state index in [2.05, 4.69) is 10.1 Å². The molecule has 2 N–H and O–H groups in total. The van der Waals surface area contributed by atoms with Crippen LogP contribution in [0.25, 0.3) is 10.6 Å². The first-order chi connectivity index (χ1) is 17.1. The molecular formula is C24H25F3N6O2S. The number of benzene rings is 1. The van der Waals surface area contributed by atoms with Crippen LogP contribution in [-0.2, 0) is 12.7 Å². The fraction of sp³-hybridized carbons (Fsp3) is 0.417. The molecule has 2 amide bonds.